The van der Waals surface area contributed by atoms with E-state index in [0.29, 0.717) is 0 Å². The van der Waals surface area contributed by atoms with E-state index in [1.54, 1.807) is 12.5 Å². The van der Waals surface area contributed by atoms with Crippen molar-refractivity contribution >= 4 is 22.5 Å². The van der Waals surface area contributed by atoms with E-state index in [-0.39, 0.29) is 0 Å². The van der Waals surface area contributed by atoms with E-state index in [1.807, 2.05) is 6.07 Å². The zero-order chi connectivity index (χ0) is 14.9. The van der Waals surface area contributed by atoms with Crippen LogP contribution in [0, 0.1) is 5.95 Å². The molecular weight excluding hydrogens is 285 g/mol. The molecule has 112 valence electrons. The summed E-state index contributed by atoms with van der Waals surface area (Å²) >= 11 is 0. The van der Waals surface area contributed by atoms with Gasteiger partial charge in [0, 0.05) is 44.1 Å². The number of aromatic nitrogens is 5. The highest BCUT2D eigenvalue weighted by Gasteiger charge is 2.20. The monoisotopic (exact) mass is 299 g/mol. The van der Waals surface area contributed by atoms with Gasteiger partial charge in [0.05, 0.1) is 11.6 Å². The number of fused-ring (bicyclic) bond motifs is 1. The fourth-order valence-corrected chi connectivity index (χ4v) is 2.77. The van der Waals surface area contributed by atoms with Crippen molar-refractivity contribution in [3.63, 3.8) is 0 Å². The van der Waals surface area contributed by atoms with E-state index in [9.17, 15) is 4.39 Å². The Bertz CT molecular complexity index is 794. The first-order valence-corrected chi connectivity index (χ1v) is 7.07. The first-order valence-electron chi connectivity index (χ1n) is 7.07. The van der Waals surface area contributed by atoms with Crippen molar-refractivity contribution in [2.75, 3.05) is 36.0 Å². The lowest BCUT2D eigenvalue weighted by molar-refractivity contribution is 0.580. The molecule has 8 heteroatoms. The van der Waals surface area contributed by atoms with Gasteiger partial charge in [-0.05, 0) is 6.07 Å². The number of nitrogens with one attached hydrogen (secondary N) is 1. The van der Waals surface area contributed by atoms with E-state index < -0.39 is 5.95 Å². The highest BCUT2D eigenvalue weighted by Crippen LogP contribution is 2.23. The van der Waals surface area contributed by atoms with Gasteiger partial charge in [-0.2, -0.15) is 9.49 Å². The molecule has 7 nitrogen and oxygen atoms in total. The smallest absolute Gasteiger partial charge is 0.214 e. The number of aromatic amines is 1. The van der Waals surface area contributed by atoms with Crippen molar-refractivity contribution in [3.05, 3.63) is 36.8 Å². The Kier molecular flexibility index (Phi) is 3.06. The number of rotatable bonds is 2. The molecule has 22 heavy (non-hydrogen) atoms. The molecule has 4 heterocycles. The molecule has 1 fully saturated rings. The predicted octanol–water partition coefficient (Wildman–Crippen LogP) is 1.21. The van der Waals surface area contributed by atoms with Crippen LogP contribution in [0.3, 0.4) is 0 Å². The number of hydrogen-bond acceptors (Lipinski definition) is 6. The zero-order valence-corrected chi connectivity index (χ0v) is 11.8. The molecule has 3 aromatic heterocycles. The lowest BCUT2D eigenvalue weighted by Crippen LogP contribution is -2.47. The van der Waals surface area contributed by atoms with Crippen LogP contribution in [0.5, 0.6) is 0 Å². The van der Waals surface area contributed by atoms with Gasteiger partial charge in [-0.15, -0.1) is 0 Å². The highest BCUT2D eigenvalue weighted by molar-refractivity contribution is 5.86. The Morgan fingerprint density at radius 1 is 1.05 bits per heavy atom. The fraction of sp³-hybridized carbons (Fsp3) is 0.286. The molecule has 0 aromatic carbocycles. The second kappa shape index (κ2) is 5.21. The number of piperazine rings is 1. The average molecular weight is 299 g/mol. The highest BCUT2D eigenvalue weighted by atomic mass is 19.1. The number of halogens is 1. The van der Waals surface area contributed by atoms with E-state index in [1.165, 1.54) is 12.3 Å². The standard InChI is InChI=1S/C14H14FN7/c15-12-7-10(1-2-16-12)21-3-5-22(6-4-21)14-11-8-19-20-13(11)17-9-18-14/h1-2,7-9H,3-6H2,(H,17,18,19,20). The molecule has 0 atom stereocenters. The van der Waals surface area contributed by atoms with Gasteiger partial charge < -0.3 is 9.80 Å². The molecule has 1 aliphatic rings. The van der Waals surface area contributed by atoms with Crippen molar-refractivity contribution in [1.82, 2.24) is 25.1 Å². The fourth-order valence-electron chi connectivity index (χ4n) is 2.77. The van der Waals surface area contributed by atoms with Crippen LogP contribution in [-0.4, -0.2) is 51.3 Å². The molecule has 0 bridgehead atoms. The summed E-state index contributed by atoms with van der Waals surface area (Å²) in [6.07, 6.45) is 4.78. The summed E-state index contributed by atoms with van der Waals surface area (Å²) in [7, 11) is 0. The van der Waals surface area contributed by atoms with E-state index >= 15 is 0 Å². The number of hydrogen-bond donors (Lipinski definition) is 1. The Hall–Kier alpha value is -2.77. The molecule has 0 spiro atoms. The van der Waals surface area contributed by atoms with Crippen LogP contribution in [-0.2, 0) is 0 Å². The van der Waals surface area contributed by atoms with Crippen LogP contribution in [0.25, 0.3) is 11.0 Å². The summed E-state index contributed by atoms with van der Waals surface area (Å²) in [5.41, 5.74) is 1.60. The molecule has 0 radical (unpaired) electrons. The summed E-state index contributed by atoms with van der Waals surface area (Å²) < 4.78 is 13.2. The van der Waals surface area contributed by atoms with Crippen LogP contribution in [0.15, 0.2) is 30.9 Å². The molecule has 0 unspecified atom stereocenters. The van der Waals surface area contributed by atoms with Gasteiger partial charge in [-0.25, -0.2) is 15.0 Å². The third-order valence-corrected chi connectivity index (χ3v) is 3.88. The van der Waals surface area contributed by atoms with Gasteiger partial charge >= 0.3 is 0 Å². The van der Waals surface area contributed by atoms with Crippen LogP contribution in [0.1, 0.15) is 0 Å². The first kappa shape index (κ1) is 12.9. The lowest BCUT2D eigenvalue weighted by atomic mass is 10.2. The van der Waals surface area contributed by atoms with Gasteiger partial charge in [-0.3, -0.25) is 5.10 Å². The molecule has 3 aromatic rings. The maximum Gasteiger partial charge on any atom is 0.214 e. The molecule has 0 saturated carbocycles. The third kappa shape index (κ3) is 2.22. The first-order chi connectivity index (χ1) is 10.8. The normalized spacial score (nSPS) is 15.5. The topological polar surface area (TPSA) is 73.8 Å². The second-order valence-electron chi connectivity index (χ2n) is 5.14. The van der Waals surface area contributed by atoms with Gasteiger partial charge in [0.15, 0.2) is 5.65 Å². The molecule has 1 aliphatic heterocycles. The SMILES string of the molecule is Fc1cc(N2CCN(c3ncnc4[nH]ncc34)CC2)ccn1. The van der Waals surface area contributed by atoms with Crippen LogP contribution >= 0.6 is 0 Å². The Balaban J connectivity index is 1.53. The van der Waals surface area contributed by atoms with Gasteiger partial charge in [0.1, 0.15) is 12.1 Å². The summed E-state index contributed by atoms with van der Waals surface area (Å²) in [4.78, 5) is 16.5. The number of H-pyrrole nitrogens is 1. The van der Waals surface area contributed by atoms with Crippen molar-refractivity contribution in [1.29, 1.82) is 0 Å². The van der Waals surface area contributed by atoms with E-state index in [0.717, 1.165) is 48.7 Å². The van der Waals surface area contributed by atoms with Gasteiger partial charge in [0.2, 0.25) is 5.95 Å². The minimum Gasteiger partial charge on any atom is -0.368 e. The number of nitrogens with zero attached hydrogens (tertiary/aromatic N) is 6. The lowest BCUT2D eigenvalue weighted by Gasteiger charge is -2.36. The van der Waals surface area contributed by atoms with Crippen LogP contribution in [0.2, 0.25) is 0 Å². The van der Waals surface area contributed by atoms with E-state index in [4.69, 9.17) is 0 Å². The molecule has 0 amide bonds. The number of pyridine rings is 1. The molecule has 1 saturated heterocycles. The maximum absolute atomic E-state index is 13.2. The number of anilines is 2. The van der Waals surface area contributed by atoms with E-state index in [2.05, 4.69) is 34.9 Å². The predicted molar refractivity (Wildman–Crippen MR) is 80.3 cm³/mol. The molecule has 0 aliphatic carbocycles. The average Bonchev–Trinajstić information content (AvgIpc) is 3.04. The Morgan fingerprint density at radius 3 is 2.68 bits per heavy atom. The molecular formula is C14H14FN7. The molecule has 4 rings (SSSR count). The minimum atomic E-state index is -0.448. The van der Waals surface area contributed by atoms with Crippen LogP contribution < -0.4 is 9.80 Å². The quantitative estimate of drug-likeness (QED) is 0.717. The summed E-state index contributed by atoms with van der Waals surface area (Å²) in [5, 5.41) is 7.79. The van der Waals surface area contributed by atoms with Gasteiger partial charge in [-0.1, -0.05) is 0 Å². The maximum atomic E-state index is 13.2. The second-order valence-corrected chi connectivity index (χ2v) is 5.14. The van der Waals surface area contributed by atoms with Crippen molar-refractivity contribution in [3.8, 4) is 0 Å². The van der Waals surface area contributed by atoms with Crippen molar-refractivity contribution in [2.24, 2.45) is 0 Å². The Labute approximate surface area is 125 Å². The zero-order valence-electron chi connectivity index (χ0n) is 11.8. The summed E-state index contributed by atoms with van der Waals surface area (Å²) in [6, 6.07) is 3.30. The third-order valence-electron chi connectivity index (χ3n) is 3.88. The van der Waals surface area contributed by atoms with Crippen LogP contribution in [0.4, 0.5) is 15.9 Å². The van der Waals surface area contributed by atoms with Gasteiger partial charge in [0.25, 0.3) is 0 Å². The summed E-state index contributed by atoms with van der Waals surface area (Å²) in [5.74, 6) is 0.440. The van der Waals surface area contributed by atoms with Crippen molar-refractivity contribution < 1.29 is 4.39 Å². The molecule has 1 N–H and O–H groups in total. The minimum absolute atomic E-state index is 0.448. The summed E-state index contributed by atoms with van der Waals surface area (Å²) in [6.45, 7) is 3.21. The Morgan fingerprint density at radius 2 is 1.86 bits per heavy atom. The largest absolute Gasteiger partial charge is 0.368 e. The van der Waals surface area contributed by atoms with Crippen molar-refractivity contribution in [2.45, 2.75) is 0 Å².